The Hall–Kier alpha value is -2.33. The fraction of sp³-hybridized carbons (Fsp3) is 0.316. The van der Waals surface area contributed by atoms with E-state index in [0.717, 1.165) is 5.56 Å². The summed E-state index contributed by atoms with van der Waals surface area (Å²) >= 11 is 0. The van der Waals surface area contributed by atoms with Crippen molar-refractivity contribution in [3.8, 4) is 5.75 Å². The van der Waals surface area contributed by atoms with Gasteiger partial charge in [0.25, 0.3) is 5.91 Å². The van der Waals surface area contributed by atoms with Gasteiger partial charge in [0, 0.05) is 12.1 Å². The van der Waals surface area contributed by atoms with Gasteiger partial charge in [-0.1, -0.05) is 36.4 Å². The zero-order chi connectivity index (χ0) is 16.2. The second-order valence-corrected chi connectivity index (χ2v) is 5.79. The van der Waals surface area contributed by atoms with Gasteiger partial charge in [-0.05, 0) is 30.7 Å². The third kappa shape index (κ3) is 3.54. The summed E-state index contributed by atoms with van der Waals surface area (Å²) in [6.45, 7) is 3.16. The molecular weight excluding hydrogens is 290 g/mol. The van der Waals surface area contributed by atoms with Gasteiger partial charge < -0.3 is 14.4 Å². The predicted molar refractivity (Wildman–Crippen MR) is 88.6 cm³/mol. The maximum absolute atomic E-state index is 12.8. The van der Waals surface area contributed by atoms with E-state index in [-0.39, 0.29) is 18.1 Å². The number of methoxy groups -OCH3 is 1. The summed E-state index contributed by atoms with van der Waals surface area (Å²) in [5, 5.41) is 0. The molecule has 0 aromatic heterocycles. The third-order valence-electron chi connectivity index (χ3n) is 4.04. The van der Waals surface area contributed by atoms with Crippen LogP contribution < -0.4 is 4.74 Å². The summed E-state index contributed by atoms with van der Waals surface area (Å²) in [7, 11) is 1.60. The van der Waals surface area contributed by atoms with Crippen LogP contribution in [-0.4, -0.2) is 37.1 Å². The molecule has 0 bridgehead atoms. The Morgan fingerprint density at radius 1 is 1.13 bits per heavy atom. The zero-order valence-corrected chi connectivity index (χ0v) is 13.4. The van der Waals surface area contributed by atoms with E-state index in [1.165, 1.54) is 0 Å². The highest BCUT2D eigenvalue weighted by atomic mass is 16.5. The quantitative estimate of drug-likeness (QED) is 0.873. The third-order valence-corrected chi connectivity index (χ3v) is 4.04. The van der Waals surface area contributed by atoms with Crippen molar-refractivity contribution in [3.05, 3.63) is 65.7 Å². The monoisotopic (exact) mass is 311 g/mol. The van der Waals surface area contributed by atoms with E-state index in [4.69, 9.17) is 9.47 Å². The van der Waals surface area contributed by atoms with Crippen LogP contribution >= 0.6 is 0 Å². The number of carbonyl (C=O) groups is 1. The van der Waals surface area contributed by atoms with Gasteiger partial charge in [0.15, 0.2) is 0 Å². The fourth-order valence-electron chi connectivity index (χ4n) is 2.91. The van der Waals surface area contributed by atoms with E-state index in [0.29, 0.717) is 24.4 Å². The molecule has 2 aromatic carbocycles. The Morgan fingerprint density at radius 3 is 2.65 bits per heavy atom. The van der Waals surface area contributed by atoms with E-state index < -0.39 is 0 Å². The number of hydrogen-bond donors (Lipinski definition) is 0. The Morgan fingerprint density at radius 2 is 1.91 bits per heavy atom. The highest BCUT2D eigenvalue weighted by molar-refractivity contribution is 5.94. The lowest BCUT2D eigenvalue weighted by Crippen LogP contribution is -2.45. The number of benzene rings is 2. The molecule has 0 saturated carbocycles. The molecule has 0 N–H and O–H groups in total. The van der Waals surface area contributed by atoms with Gasteiger partial charge in [-0.15, -0.1) is 0 Å². The first-order chi connectivity index (χ1) is 11.2. The number of ether oxygens (including phenoxy) is 2. The maximum Gasteiger partial charge on any atom is 0.254 e. The van der Waals surface area contributed by atoms with Gasteiger partial charge >= 0.3 is 0 Å². The molecule has 23 heavy (non-hydrogen) atoms. The van der Waals surface area contributed by atoms with Crippen molar-refractivity contribution in [2.24, 2.45) is 0 Å². The summed E-state index contributed by atoms with van der Waals surface area (Å²) in [4.78, 5) is 14.7. The molecule has 3 rings (SSSR count). The van der Waals surface area contributed by atoms with Crippen LogP contribution in [0, 0.1) is 0 Å². The molecular formula is C19H21NO3. The van der Waals surface area contributed by atoms with E-state index in [1.807, 2.05) is 60.4 Å². The van der Waals surface area contributed by atoms with Gasteiger partial charge in [-0.2, -0.15) is 0 Å². The molecule has 1 aliphatic rings. The molecule has 1 heterocycles. The molecule has 1 aliphatic heterocycles. The standard InChI is InChI=1S/C19H21NO3/c1-14-12-20(13-18(23-14)15-7-4-3-5-8-15)19(21)16-9-6-10-17(11-16)22-2/h3-11,14,18H,12-13H2,1-2H3. The van der Waals surface area contributed by atoms with E-state index in [2.05, 4.69) is 0 Å². The predicted octanol–water partition coefficient (Wildman–Crippen LogP) is 3.30. The van der Waals surface area contributed by atoms with Gasteiger partial charge in [0.1, 0.15) is 11.9 Å². The van der Waals surface area contributed by atoms with Crippen LogP contribution in [0.4, 0.5) is 0 Å². The lowest BCUT2D eigenvalue weighted by atomic mass is 10.1. The number of carbonyl (C=O) groups excluding carboxylic acids is 1. The Kier molecular flexibility index (Phi) is 4.63. The lowest BCUT2D eigenvalue weighted by Gasteiger charge is -2.37. The molecule has 2 aromatic rings. The first-order valence-electron chi connectivity index (χ1n) is 7.81. The van der Waals surface area contributed by atoms with Crippen LogP contribution in [0.25, 0.3) is 0 Å². The van der Waals surface area contributed by atoms with Crippen LogP contribution in [-0.2, 0) is 4.74 Å². The van der Waals surface area contributed by atoms with Crippen LogP contribution in [0.3, 0.4) is 0 Å². The van der Waals surface area contributed by atoms with Crippen LogP contribution in [0.15, 0.2) is 54.6 Å². The van der Waals surface area contributed by atoms with Crippen molar-refractivity contribution >= 4 is 5.91 Å². The Bertz CT molecular complexity index is 671. The van der Waals surface area contributed by atoms with E-state index >= 15 is 0 Å². The van der Waals surface area contributed by atoms with Crippen molar-refractivity contribution in [2.45, 2.75) is 19.1 Å². The molecule has 2 unspecified atom stereocenters. The fourth-order valence-corrected chi connectivity index (χ4v) is 2.91. The highest BCUT2D eigenvalue weighted by Crippen LogP contribution is 2.26. The number of rotatable bonds is 3. The van der Waals surface area contributed by atoms with Crippen molar-refractivity contribution in [2.75, 3.05) is 20.2 Å². The average molecular weight is 311 g/mol. The molecule has 0 spiro atoms. The molecule has 1 saturated heterocycles. The summed E-state index contributed by atoms with van der Waals surface area (Å²) in [6, 6.07) is 17.3. The first kappa shape index (κ1) is 15.6. The van der Waals surface area contributed by atoms with Crippen LogP contribution in [0.2, 0.25) is 0 Å². The molecule has 1 amide bonds. The Labute approximate surface area is 136 Å². The molecule has 0 radical (unpaired) electrons. The Balaban J connectivity index is 1.80. The van der Waals surface area contributed by atoms with Crippen molar-refractivity contribution < 1.29 is 14.3 Å². The van der Waals surface area contributed by atoms with E-state index in [1.54, 1.807) is 13.2 Å². The maximum atomic E-state index is 12.8. The minimum Gasteiger partial charge on any atom is -0.497 e. The molecule has 120 valence electrons. The highest BCUT2D eigenvalue weighted by Gasteiger charge is 2.29. The second kappa shape index (κ2) is 6.84. The molecule has 2 atom stereocenters. The molecule has 1 fully saturated rings. The number of amides is 1. The van der Waals surface area contributed by atoms with Gasteiger partial charge in [-0.3, -0.25) is 4.79 Å². The van der Waals surface area contributed by atoms with Crippen LogP contribution in [0.5, 0.6) is 5.75 Å². The number of hydrogen-bond acceptors (Lipinski definition) is 3. The summed E-state index contributed by atoms with van der Waals surface area (Å²) in [6.07, 6.45) is -0.0852. The minimum absolute atomic E-state index is 0.00325. The minimum atomic E-state index is -0.0884. The second-order valence-electron chi connectivity index (χ2n) is 5.79. The first-order valence-corrected chi connectivity index (χ1v) is 7.81. The largest absolute Gasteiger partial charge is 0.497 e. The van der Waals surface area contributed by atoms with Crippen LogP contribution in [0.1, 0.15) is 28.9 Å². The topological polar surface area (TPSA) is 38.8 Å². The number of morpholine rings is 1. The smallest absolute Gasteiger partial charge is 0.254 e. The van der Waals surface area contributed by atoms with Crippen molar-refractivity contribution in [1.29, 1.82) is 0 Å². The molecule has 0 aliphatic carbocycles. The van der Waals surface area contributed by atoms with Gasteiger partial charge in [-0.25, -0.2) is 0 Å². The van der Waals surface area contributed by atoms with Gasteiger partial charge in [0.05, 0.1) is 19.8 Å². The van der Waals surface area contributed by atoms with Crippen molar-refractivity contribution in [1.82, 2.24) is 4.90 Å². The van der Waals surface area contributed by atoms with Crippen molar-refractivity contribution in [3.63, 3.8) is 0 Å². The summed E-state index contributed by atoms with van der Waals surface area (Å²) in [5.41, 5.74) is 1.74. The molecule has 4 heteroatoms. The van der Waals surface area contributed by atoms with E-state index in [9.17, 15) is 4.79 Å². The average Bonchev–Trinajstić information content (AvgIpc) is 2.61. The number of nitrogens with zero attached hydrogens (tertiary/aromatic N) is 1. The summed E-state index contributed by atoms with van der Waals surface area (Å²) in [5.74, 6) is 0.705. The molecule has 4 nitrogen and oxygen atoms in total. The normalized spacial score (nSPS) is 21.0. The summed E-state index contributed by atoms with van der Waals surface area (Å²) < 4.78 is 11.2. The SMILES string of the molecule is COc1cccc(C(=O)N2CC(C)OC(c3ccccc3)C2)c1. The van der Waals surface area contributed by atoms with Gasteiger partial charge in [0.2, 0.25) is 0 Å². The zero-order valence-electron chi connectivity index (χ0n) is 13.4. The lowest BCUT2D eigenvalue weighted by molar-refractivity contribution is -0.0691.